The Morgan fingerprint density at radius 3 is 2.07 bits per heavy atom. The van der Waals surface area contributed by atoms with E-state index in [0.29, 0.717) is 39.6 Å². The van der Waals surface area contributed by atoms with Crippen molar-refractivity contribution < 1.29 is 28.8 Å². The molecule has 0 unspecified atom stereocenters. The van der Waals surface area contributed by atoms with Crippen LogP contribution in [0.15, 0.2) is 30.3 Å². The van der Waals surface area contributed by atoms with E-state index in [1.807, 2.05) is 6.07 Å². The van der Waals surface area contributed by atoms with Gasteiger partial charge in [-0.15, -0.1) is 0 Å². The number of benzene rings is 2. The van der Waals surface area contributed by atoms with Crippen LogP contribution in [0.25, 0.3) is 22.2 Å². The SMILES string of the molecule is COc1ccc(-c2nc(CC(=O)O)nc3cc(OC)c(OC)cc23)cc1OC. The highest BCUT2D eigenvalue weighted by Crippen LogP contribution is 2.38. The van der Waals surface area contributed by atoms with Gasteiger partial charge in [-0.3, -0.25) is 4.79 Å². The van der Waals surface area contributed by atoms with Crippen molar-refractivity contribution in [2.45, 2.75) is 6.42 Å². The second-order valence-corrected chi connectivity index (χ2v) is 5.85. The van der Waals surface area contributed by atoms with Gasteiger partial charge in [-0.2, -0.15) is 0 Å². The summed E-state index contributed by atoms with van der Waals surface area (Å²) in [5.41, 5.74) is 1.83. The summed E-state index contributed by atoms with van der Waals surface area (Å²) in [5.74, 6) is 1.30. The maximum atomic E-state index is 11.2. The molecule has 0 bridgehead atoms. The molecule has 8 heteroatoms. The first-order chi connectivity index (χ1) is 13.5. The van der Waals surface area contributed by atoms with Crippen LogP contribution in [0.3, 0.4) is 0 Å². The maximum absolute atomic E-state index is 11.2. The highest BCUT2D eigenvalue weighted by Gasteiger charge is 2.17. The summed E-state index contributed by atoms with van der Waals surface area (Å²) in [4.78, 5) is 20.1. The van der Waals surface area contributed by atoms with E-state index in [4.69, 9.17) is 18.9 Å². The number of rotatable bonds is 7. The Morgan fingerprint density at radius 2 is 1.46 bits per heavy atom. The third-order valence-corrected chi connectivity index (χ3v) is 4.21. The molecule has 0 aliphatic carbocycles. The second-order valence-electron chi connectivity index (χ2n) is 5.85. The fraction of sp³-hybridized carbons (Fsp3) is 0.250. The molecule has 0 spiro atoms. The van der Waals surface area contributed by atoms with Crippen molar-refractivity contribution >= 4 is 16.9 Å². The van der Waals surface area contributed by atoms with Gasteiger partial charge in [-0.25, -0.2) is 9.97 Å². The van der Waals surface area contributed by atoms with Gasteiger partial charge < -0.3 is 24.1 Å². The molecule has 0 fully saturated rings. The molecule has 3 rings (SSSR count). The van der Waals surface area contributed by atoms with Crippen molar-refractivity contribution in [3.8, 4) is 34.3 Å². The van der Waals surface area contributed by atoms with E-state index < -0.39 is 5.97 Å². The van der Waals surface area contributed by atoms with Crippen molar-refractivity contribution in [3.63, 3.8) is 0 Å². The normalized spacial score (nSPS) is 10.6. The summed E-state index contributed by atoms with van der Waals surface area (Å²) in [6.45, 7) is 0. The Kier molecular flexibility index (Phi) is 5.49. The monoisotopic (exact) mass is 384 g/mol. The van der Waals surface area contributed by atoms with Crippen LogP contribution in [-0.4, -0.2) is 49.5 Å². The number of methoxy groups -OCH3 is 4. The van der Waals surface area contributed by atoms with Crippen LogP contribution in [0.5, 0.6) is 23.0 Å². The molecule has 0 radical (unpaired) electrons. The lowest BCUT2D eigenvalue weighted by Gasteiger charge is -2.14. The lowest BCUT2D eigenvalue weighted by Crippen LogP contribution is -2.06. The number of hydrogen-bond donors (Lipinski definition) is 1. The summed E-state index contributed by atoms with van der Waals surface area (Å²) in [5, 5.41) is 9.87. The van der Waals surface area contributed by atoms with Crippen LogP contribution in [0.1, 0.15) is 5.82 Å². The summed E-state index contributed by atoms with van der Waals surface area (Å²) in [6.07, 6.45) is -0.301. The molecule has 1 heterocycles. The largest absolute Gasteiger partial charge is 0.493 e. The standard InChI is InChI=1S/C20H20N2O6/c1-25-14-6-5-11(7-15(14)26-2)20-12-8-16(27-3)17(28-4)9-13(12)21-18(22-20)10-19(23)24/h5-9H,10H2,1-4H3,(H,23,24). The molecule has 3 aromatic rings. The van der Waals surface area contributed by atoms with Crippen molar-refractivity contribution in [3.05, 3.63) is 36.2 Å². The molecule has 0 amide bonds. The summed E-state index contributed by atoms with van der Waals surface area (Å²) < 4.78 is 21.4. The zero-order valence-corrected chi connectivity index (χ0v) is 16.0. The first-order valence-electron chi connectivity index (χ1n) is 8.37. The molecule has 8 nitrogen and oxygen atoms in total. The highest BCUT2D eigenvalue weighted by atomic mass is 16.5. The number of carboxylic acid groups (broad SMARTS) is 1. The Labute approximate surface area is 161 Å². The van der Waals surface area contributed by atoms with Gasteiger partial charge >= 0.3 is 5.97 Å². The van der Waals surface area contributed by atoms with Gasteiger partial charge in [-0.1, -0.05) is 0 Å². The molecule has 0 saturated heterocycles. The smallest absolute Gasteiger partial charge is 0.311 e. The zero-order chi connectivity index (χ0) is 20.3. The van der Waals surface area contributed by atoms with Crippen molar-refractivity contribution in [2.24, 2.45) is 0 Å². The molecule has 28 heavy (non-hydrogen) atoms. The Bertz CT molecular complexity index is 1030. The van der Waals surface area contributed by atoms with Gasteiger partial charge in [0.1, 0.15) is 12.2 Å². The number of carboxylic acids is 1. The lowest BCUT2D eigenvalue weighted by molar-refractivity contribution is -0.136. The van der Waals surface area contributed by atoms with E-state index in [9.17, 15) is 9.90 Å². The van der Waals surface area contributed by atoms with Crippen molar-refractivity contribution in [1.82, 2.24) is 9.97 Å². The van der Waals surface area contributed by atoms with Gasteiger partial charge in [0, 0.05) is 17.0 Å². The molecule has 146 valence electrons. The summed E-state index contributed by atoms with van der Waals surface area (Å²) in [7, 11) is 6.17. The minimum absolute atomic E-state index is 0.192. The zero-order valence-electron chi connectivity index (χ0n) is 16.0. The van der Waals surface area contributed by atoms with Crippen LogP contribution in [0, 0.1) is 0 Å². The van der Waals surface area contributed by atoms with E-state index in [1.165, 1.54) is 7.11 Å². The van der Waals surface area contributed by atoms with Crippen LogP contribution in [-0.2, 0) is 11.2 Å². The number of hydrogen-bond acceptors (Lipinski definition) is 7. The van der Waals surface area contributed by atoms with Gasteiger partial charge in [-0.05, 0) is 24.3 Å². The van der Waals surface area contributed by atoms with Gasteiger partial charge in [0.2, 0.25) is 0 Å². The Balaban J connectivity index is 2.30. The predicted octanol–water partition coefficient (Wildman–Crippen LogP) is 2.96. The first-order valence-corrected chi connectivity index (χ1v) is 8.37. The van der Waals surface area contributed by atoms with Crippen LogP contribution in [0.4, 0.5) is 0 Å². The molecule has 2 aromatic carbocycles. The number of ether oxygens (including phenoxy) is 4. The van der Waals surface area contributed by atoms with Crippen LogP contribution in [0.2, 0.25) is 0 Å². The average Bonchev–Trinajstić information content (AvgIpc) is 2.71. The maximum Gasteiger partial charge on any atom is 0.311 e. The third-order valence-electron chi connectivity index (χ3n) is 4.21. The predicted molar refractivity (Wildman–Crippen MR) is 103 cm³/mol. The molecule has 0 aliphatic heterocycles. The molecule has 1 N–H and O–H groups in total. The number of nitrogens with zero attached hydrogens (tertiary/aromatic N) is 2. The van der Waals surface area contributed by atoms with Crippen LogP contribution >= 0.6 is 0 Å². The minimum Gasteiger partial charge on any atom is -0.493 e. The quantitative estimate of drug-likeness (QED) is 0.664. The Hall–Kier alpha value is -3.55. The number of carbonyl (C=O) groups is 1. The average molecular weight is 384 g/mol. The van der Waals surface area contributed by atoms with Crippen molar-refractivity contribution in [1.29, 1.82) is 0 Å². The van der Waals surface area contributed by atoms with E-state index in [-0.39, 0.29) is 12.2 Å². The van der Waals surface area contributed by atoms with E-state index in [1.54, 1.807) is 45.6 Å². The van der Waals surface area contributed by atoms with Gasteiger partial charge in [0.25, 0.3) is 0 Å². The summed E-state index contributed by atoms with van der Waals surface area (Å²) >= 11 is 0. The highest BCUT2D eigenvalue weighted by molar-refractivity contribution is 5.95. The molecule has 1 aromatic heterocycles. The minimum atomic E-state index is -1.02. The molecule has 0 saturated carbocycles. The number of aromatic nitrogens is 2. The second kappa shape index (κ2) is 7.99. The van der Waals surface area contributed by atoms with Crippen molar-refractivity contribution in [2.75, 3.05) is 28.4 Å². The van der Waals surface area contributed by atoms with E-state index in [2.05, 4.69) is 9.97 Å². The van der Waals surface area contributed by atoms with Gasteiger partial charge in [0.05, 0.1) is 39.6 Å². The topological polar surface area (TPSA) is 100 Å². The fourth-order valence-corrected chi connectivity index (χ4v) is 2.92. The lowest BCUT2D eigenvalue weighted by atomic mass is 10.0. The van der Waals surface area contributed by atoms with Crippen LogP contribution < -0.4 is 18.9 Å². The van der Waals surface area contributed by atoms with E-state index >= 15 is 0 Å². The number of aliphatic carboxylic acids is 1. The summed E-state index contributed by atoms with van der Waals surface area (Å²) in [6, 6.07) is 8.84. The Morgan fingerprint density at radius 1 is 0.857 bits per heavy atom. The fourth-order valence-electron chi connectivity index (χ4n) is 2.92. The van der Waals surface area contributed by atoms with Gasteiger partial charge in [0.15, 0.2) is 23.0 Å². The number of fused-ring (bicyclic) bond motifs is 1. The molecule has 0 atom stereocenters. The van der Waals surface area contributed by atoms with E-state index in [0.717, 1.165) is 5.56 Å². The third kappa shape index (κ3) is 3.62. The first kappa shape index (κ1) is 19.2. The molecule has 0 aliphatic rings. The molecular weight excluding hydrogens is 364 g/mol. The molecular formula is C20H20N2O6.